The number of nitrogens with one attached hydrogen (secondary N) is 2. The fourth-order valence-electron chi connectivity index (χ4n) is 2.96. The lowest BCUT2D eigenvalue weighted by Crippen LogP contribution is -2.36. The Hall–Kier alpha value is -2.62. The summed E-state index contributed by atoms with van der Waals surface area (Å²) in [5.74, 6) is -0.980. The van der Waals surface area contributed by atoms with Gasteiger partial charge in [0.1, 0.15) is 11.6 Å². The van der Waals surface area contributed by atoms with Gasteiger partial charge in [-0.3, -0.25) is 4.79 Å². The second kappa shape index (κ2) is 7.55. The third-order valence-corrected chi connectivity index (χ3v) is 4.29. The lowest BCUT2D eigenvalue weighted by Gasteiger charge is -2.33. The van der Waals surface area contributed by atoms with Crippen LogP contribution >= 0.6 is 0 Å². The van der Waals surface area contributed by atoms with E-state index in [9.17, 15) is 22.4 Å². The zero-order valence-corrected chi connectivity index (χ0v) is 14.4. The Labute approximate surface area is 152 Å². The highest BCUT2D eigenvalue weighted by Gasteiger charge is 2.46. The average molecular weight is 386 g/mol. The first-order valence-electron chi connectivity index (χ1n) is 8.25. The van der Waals surface area contributed by atoms with Crippen molar-refractivity contribution in [3.63, 3.8) is 0 Å². The molecule has 1 amide bonds. The molecule has 0 radical (unpaired) electrons. The number of carbonyl (C=O) groups excluding carboxylic acids is 1. The van der Waals surface area contributed by atoms with E-state index in [-0.39, 0.29) is 31.1 Å². The van der Waals surface area contributed by atoms with Crippen LogP contribution in [0.2, 0.25) is 0 Å². The maximum atomic E-state index is 13.6. The van der Waals surface area contributed by atoms with Crippen LogP contribution in [0.5, 0.6) is 0 Å². The smallest absolute Gasteiger partial charge is 0.383 e. The van der Waals surface area contributed by atoms with Crippen LogP contribution in [0.3, 0.4) is 0 Å². The van der Waals surface area contributed by atoms with Crippen LogP contribution in [-0.2, 0) is 4.74 Å². The van der Waals surface area contributed by atoms with Gasteiger partial charge in [-0.1, -0.05) is 12.1 Å². The number of halogens is 4. The summed E-state index contributed by atoms with van der Waals surface area (Å²) >= 11 is 0. The molecule has 27 heavy (non-hydrogen) atoms. The van der Waals surface area contributed by atoms with Crippen molar-refractivity contribution in [2.24, 2.45) is 0 Å². The van der Waals surface area contributed by atoms with Gasteiger partial charge in [0, 0.05) is 26.1 Å². The van der Waals surface area contributed by atoms with E-state index in [1.54, 1.807) is 0 Å². The quantitative estimate of drug-likeness (QED) is 0.612. The van der Waals surface area contributed by atoms with Crippen molar-refractivity contribution in [1.82, 2.24) is 15.1 Å². The van der Waals surface area contributed by atoms with E-state index in [0.717, 1.165) is 4.68 Å². The highest BCUT2D eigenvalue weighted by molar-refractivity contribution is 5.93. The predicted octanol–water partition coefficient (Wildman–Crippen LogP) is 3.06. The Morgan fingerprint density at radius 1 is 1.37 bits per heavy atom. The summed E-state index contributed by atoms with van der Waals surface area (Å²) in [6, 6.07) is 3.95. The third-order valence-electron chi connectivity index (χ3n) is 4.29. The van der Waals surface area contributed by atoms with E-state index in [1.807, 2.05) is 0 Å². The molecule has 2 atom stereocenters. The molecular weight excluding hydrogens is 368 g/mol. The van der Waals surface area contributed by atoms with Crippen molar-refractivity contribution in [1.29, 1.82) is 0 Å². The highest BCUT2D eigenvalue weighted by Crippen LogP contribution is 2.43. The SMILES string of the molecule is COCCNC(=O)c1cc2n(n1)[C@@H](C(F)(F)F)C[C@@H](c1ccc(F)cc1)N2. The molecule has 0 fully saturated rings. The van der Waals surface area contributed by atoms with E-state index in [4.69, 9.17) is 4.74 Å². The number of hydrogen-bond acceptors (Lipinski definition) is 4. The van der Waals surface area contributed by atoms with Gasteiger partial charge in [-0.25, -0.2) is 9.07 Å². The van der Waals surface area contributed by atoms with Gasteiger partial charge >= 0.3 is 6.18 Å². The normalized spacial score (nSPS) is 19.3. The van der Waals surface area contributed by atoms with Gasteiger partial charge in [-0.15, -0.1) is 0 Å². The number of ether oxygens (including phenoxy) is 1. The largest absolute Gasteiger partial charge is 0.410 e. The number of alkyl halides is 3. The number of hydrogen-bond donors (Lipinski definition) is 2. The minimum absolute atomic E-state index is 0.0785. The molecule has 1 aromatic heterocycles. The topological polar surface area (TPSA) is 68.2 Å². The van der Waals surface area contributed by atoms with Crippen molar-refractivity contribution in [2.45, 2.75) is 24.7 Å². The molecule has 0 unspecified atom stereocenters. The maximum Gasteiger partial charge on any atom is 0.410 e. The van der Waals surface area contributed by atoms with Crippen molar-refractivity contribution in [3.05, 3.63) is 47.4 Å². The molecule has 10 heteroatoms. The summed E-state index contributed by atoms with van der Waals surface area (Å²) in [4.78, 5) is 12.1. The highest BCUT2D eigenvalue weighted by atomic mass is 19.4. The minimum atomic E-state index is -4.55. The Morgan fingerprint density at radius 2 is 2.07 bits per heavy atom. The summed E-state index contributed by atoms with van der Waals surface area (Å²) in [7, 11) is 1.47. The Morgan fingerprint density at radius 3 is 2.70 bits per heavy atom. The fourth-order valence-corrected chi connectivity index (χ4v) is 2.96. The van der Waals surface area contributed by atoms with E-state index < -0.39 is 30.0 Å². The van der Waals surface area contributed by atoms with Crippen molar-refractivity contribution < 1.29 is 27.1 Å². The molecule has 0 spiro atoms. The molecule has 6 nitrogen and oxygen atoms in total. The molecule has 0 bridgehead atoms. The number of rotatable bonds is 5. The van der Waals surface area contributed by atoms with Crippen molar-refractivity contribution >= 4 is 11.7 Å². The summed E-state index contributed by atoms with van der Waals surface area (Å²) < 4.78 is 59.4. The van der Waals surface area contributed by atoms with Crippen molar-refractivity contribution in [3.8, 4) is 0 Å². The molecule has 146 valence electrons. The molecule has 2 aromatic rings. The first-order chi connectivity index (χ1) is 12.8. The summed E-state index contributed by atoms with van der Waals surface area (Å²) in [5.41, 5.74) is 0.395. The molecular formula is C17H18F4N4O2. The van der Waals surface area contributed by atoms with Gasteiger partial charge in [0.05, 0.1) is 12.6 Å². The number of carbonyl (C=O) groups is 1. The number of methoxy groups -OCH3 is 1. The number of amides is 1. The zero-order chi connectivity index (χ0) is 19.6. The number of anilines is 1. The van der Waals surface area contributed by atoms with Gasteiger partial charge in [-0.2, -0.15) is 18.3 Å². The molecule has 0 aliphatic carbocycles. The van der Waals surface area contributed by atoms with Crippen LogP contribution in [0.4, 0.5) is 23.4 Å². The van der Waals surface area contributed by atoms with Crippen LogP contribution < -0.4 is 10.6 Å². The summed E-state index contributed by atoms with van der Waals surface area (Å²) in [6.45, 7) is 0.487. The maximum absolute atomic E-state index is 13.6. The second-order valence-electron chi connectivity index (χ2n) is 6.15. The monoisotopic (exact) mass is 386 g/mol. The van der Waals surface area contributed by atoms with Gasteiger partial charge in [0.25, 0.3) is 5.91 Å². The van der Waals surface area contributed by atoms with Crippen LogP contribution in [0.25, 0.3) is 0 Å². The zero-order valence-electron chi connectivity index (χ0n) is 14.4. The lowest BCUT2D eigenvalue weighted by atomic mass is 9.97. The molecule has 2 heterocycles. The molecule has 1 aromatic carbocycles. The fraction of sp³-hybridized carbons (Fsp3) is 0.412. The summed E-state index contributed by atoms with van der Waals surface area (Å²) in [6.07, 6.45) is -4.88. The summed E-state index contributed by atoms with van der Waals surface area (Å²) in [5, 5.41) is 9.31. The lowest BCUT2D eigenvalue weighted by molar-refractivity contribution is -0.173. The van der Waals surface area contributed by atoms with Crippen molar-refractivity contribution in [2.75, 3.05) is 25.6 Å². The Kier molecular flexibility index (Phi) is 5.36. The number of nitrogens with zero attached hydrogens (tertiary/aromatic N) is 2. The van der Waals surface area contributed by atoms with Crippen LogP contribution in [0, 0.1) is 5.82 Å². The van der Waals surface area contributed by atoms with Gasteiger partial charge in [0.2, 0.25) is 0 Å². The first-order valence-corrected chi connectivity index (χ1v) is 8.25. The molecule has 0 saturated carbocycles. The van der Waals surface area contributed by atoms with Crippen LogP contribution in [-0.4, -0.2) is 42.1 Å². The number of aromatic nitrogens is 2. The molecule has 1 aliphatic rings. The number of fused-ring (bicyclic) bond motifs is 1. The molecule has 1 aliphatic heterocycles. The Balaban J connectivity index is 1.88. The Bertz CT molecular complexity index is 804. The first kappa shape index (κ1) is 19.2. The van der Waals surface area contributed by atoms with Crippen LogP contribution in [0.1, 0.15) is 34.6 Å². The van der Waals surface area contributed by atoms with Crippen LogP contribution in [0.15, 0.2) is 30.3 Å². The standard InChI is InChI=1S/C17H18F4N4O2/c1-27-7-6-22-16(26)13-9-15-23-12(10-2-4-11(18)5-3-10)8-14(17(19,20)21)25(15)24-13/h2-5,9,12,14,23H,6-8H2,1H3,(H,22,26)/t12-,14+/m0/s1. The third kappa shape index (κ3) is 4.21. The molecule has 2 N–H and O–H groups in total. The van der Waals surface area contributed by atoms with Gasteiger partial charge in [0.15, 0.2) is 11.7 Å². The van der Waals surface area contributed by atoms with E-state index in [2.05, 4.69) is 15.7 Å². The van der Waals surface area contributed by atoms with E-state index in [1.165, 1.54) is 37.4 Å². The number of benzene rings is 1. The van der Waals surface area contributed by atoms with E-state index in [0.29, 0.717) is 5.56 Å². The minimum Gasteiger partial charge on any atom is -0.383 e. The van der Waals surface area contributed by atoms with E-state index >= 15 is 0 Å². The van der Waals surface area contributed by atoms with Gasteiger partial charge in [-0.05, 0) is 17.7 Å². The van der Waals surface area contributed by atoms with Gasteiger partial charge < -0.3 is 15.4 Å². The molecule has 0 saturated heterocycles. The predicted molar refractivity (Wildman–Crippen MR) is 88.9 cm³/mol. The average Bonchev–Trinajstić information content (AvgIpc) is 3.05. The second-order valence-corrected chi connectivity index (χ2v) is 6.15. The molecule has 3 rings (SSSR count).